The quantitative estimate of drug-likeness (QED) is 0.225. The van der Waals surface area contributed by atoms with Gasteiger partial charge in [0.05, 0.1) is 6.61 Å². The average molecular weight is 346 g/mol. The maximum absolute atomic E-state index is 11.2. The maximum atomic E-state index is 11.2. The second-order valence-electron chi connectivity index (χ2n) is 6.05. The highest BCUT2D eigenvalue weighted by Crippen LogP contribution is 2.12. The van der Waals surface area contributed by atoms with Gasteiger partial charge < -0.3 is 10.2 Å². The molecule has 6 nitrogen and oxygen atoms in total. The summed E-state index contributed by atoms with van der Waals surface area (Å²) in [6.07, 6.45) is 12.3. The second kappa shape index (κ2) is 18.4. The minimum absolute atomic E-state index is 0.0186. The lowest BCUT2D eigenvalue weighted by Gasteiger charge is -2.03. The van der Waals surface area contributed by atoms with E-state index >= 15 is 0 Å². The van der Waals surface area contributed by atoms with E-state index in [2.05, 4.69) is 9.78 Å². The molecule has 6 heteroatoms. The molecule has 2 N–H and O–H groups in total. The van der Waals surface area contributed by atoms with Crippen molar-refractivity contribution in [3.63, 3.8) is 0 Å². The molecule has 0 bridgehead atoms. The molecule has 0 unspecified atom stereocenters. The van der Waals surface area contributed by atoms with E-state index in [4.69, 9.17) is 10.2 Å². The molecule has 0 amide bonds. The van der Waals surface area contributed by atoms with Gasteiger partial charge >= 0.3 is 5.97 Å². The van der Waals surface area contributed by atoms with Gasteiger partial charge in [0.25, 0.3) is 0 Å². The lowest BCUT2D eigenvalue weighted by molar-refractivity contribution is -0.275. The molecule has 0 aromatic heterocycles. The van der Waals surface area contributed by atoms with E-state index < -0.39 is 0 Å². The summed E-state index contributed by atoms with van der Waals surface area (Å²) in [6.45, 7) is -0.169. The molecule has 0 spiro atoms. The fraction of sp³-hybridized carbons (Fsp3) is 0.889. The molecule has 0 aromatic rings. The van der Waals surface area contributed by atoms with Gasteiger partial charge in [-0.3, -0.25) is 9.68 Å². The summed E-state index contributed by atoms with van der Waals surface area (Å²) >= 11 is 0. The predicted octanol–water partition coefficient (Wildman–Crippen LogP) is 3.09. The van der Waals surface area contributed by atoms with Gasteiger partial charge in [-0.05, 0) is 12.8 Å². The Morgan fingerprint density at radius 2 is 1.12 bits per heavy atom. The van der Waals surface area contributed by atoms with Crippen LogP contribution in [0.2, 0.25) is 0 Å². The van der Waals surface area contributed by atoms with E-state index in [0.29, 0.717) is 19.3 Å². The standard InChI is InChI=1S/C18H34O6/c19-14-13-17(21)11-9-7-5-3-1-2-4-6-8-10-12-18(22)24-23-16-15-20/h19-20H,1-16H2. The molecular weight excluding hydrogens is 312 g/mol. The fourth-order valence-electron chi connectivity index (χ4n) is 2.44. The van der Waals surface area contributed by atoms with Crippen molar-refractivity contribution in [3.8, 4) is 0 Å². The summed E-state index contributed by atoms with van der Waals surface area (Å²) in [5, 5.41) is 17.1. The van der Waals surface area contributed by atoms with Gasteiger partial charge in [0, 0.05) is 25.9 Å². The van der Waals surface area contributed by atoms with E-state index in [0.717, 1.165) is 32.1 Å². The average Bonchev–Trinajstić information content (AvgIpc) is 2.56. The Balaban J connectivity index is 3.15. The first-order chi connectivity index (χ1) is 11.7. The van der Waals surface area contributed by atoms with E-state index in [1.807, 2.05) is 0 Å². The number of aliphatic hydroxyl groups excluding tert-OH is 2. The molecule has 0 rings (SSSR count). The van der Waals surface area contributed by atoms with Crippen LogP contribution >= 0.6 is 0 Å². The minimum Gasteiger partial charge on any atom is -0.396 e. The van der Waals surface area contributed by atoms with Crippen molar-refractivity contribution in [1.29, 1.82) is 0 Å². The normalized spacial score (nSPS) is 10.8. The Morgan fingerprint density at radius 1 is 0.625 bits per heavy atom. The molecular formula is C18H34O6. The van der Waals surface area contributed by atoms with Crippen LogP contribution in [0, 0.1) is 0 Å². The number of hydrogen-bond donors (Lipinski definition) is 2. The Hall–Kier alpha value is -0.980. The Kier molecular flexibility index (Phi) is 17.6. The molecule has 24 heavy (non-hydrogen) atoms. The number of unbranched alkanes of at least 4 members (excludes halogenated alkanes) is 9. The molecule has 0 fully saturated rings. The molecule has 0 aliphatic carbocycles. The topological polar surface area (TPSA) is 93.1 Å². The van der Waals surface area contributed by atoms with Crippen molar-refractivity contribution < 1.29 is 29.6 Å². The first-order valence-corrected chi connectivity index (χ1v) is 9.26. The third kappa shape index (κ3) is 17.4. The van der Waals surface area contributed by atoms with Gasteiger partial charge in [0.15, 0.2) is 0 Å². The van der Waals surface area contributed by atoms with Crippen LogP contribution in [-0.2, 0) is 19.4 Å². The number of aliphatic hydroxyl groups is 2. The van der Waals surface area contributed by atoms with E-state index in [1.165, 1.54) is 32.1 Å². The largest absolute Gasteiger partial charge is 0.396 e. The van der Waals surface area contributed by atoms with Crippen LogP contribution < -0.4 is 0 Å². The highest BCUT2D eigenvalue weighted by atomic mass is 17.2. The van der Waals surface area contributed by atoms with Gasteiger partial charge in [-0.2, -0.15) is 4.89 Å². The zero-order valence-corrected chi connectivity index (χ0v) is 14.8. The molecule has 0 aliphatic heterocycles. The van der Waals surface area contributed by atoms with E-state index in [-0.39, 0.29) is 31.6 Å². The Bertz CT molecular complexity index is 306. The number of hydrogen-bond acceptors (Lipinski definition) is 6. The molecule has 0 atom stereocenters. The fourth-order valence-corrected chi connectivity index (χ4v) is 2.44. The first kappa shape index (κ1) is 23.0. The van der Waals surface area contributed by atoms with Crippen LogP contribution in [0.1, 0.15) is 83.5 Å². The minimum atomic E-state index is -0.374. The van der Waals surface area contributed by atoms with Crippen LogP contribution in [-0.4, -0.2) is 41.8 Å². The maximum Gasteiger partial charge on any atom is 0.342 e. The van der Waals surface area contributed by atoms with Crippen LogP contribution in [0.3, 0.4) is 0 Å². The Labute approximate surface area is 145 Å². The summed E-state index contributed by atoms with van der Waals surface area (Å²) in [7, 11) is 0. The van der Waals surface area contributed by atoms with Crippen molar-refractivity contribution >= 4 is 11.8 Å². The summed E-state index contributed by atoms with van der Waals surface area (Å²) in [6, 6.07) is 0. The molecule has 0 saturated carbocycles. The van der Waals surface area contributed by atoms with Crippen molar-refractivity contribution in [3.05, 3.63) is 0 Å². The summed E-state index contributed by atoms with van der Waals surface area (Å²) in [5.74, 6) is -0.206. The van der Waals surface area contributed by atoms with Crippen molar-refractivity contribution in [2.75, 3.05) is 19.8 Å². The lowest BCUT2D eigenvalue weighted by Crippen LogP contribution is -2.07. The monoisotopic (exact) mass is 346 g/mol. The lowest BCUT2D eigenvalue weighted by atomic mass is 10.0. The highest BCUT2D eigenvalue weighted by Gasteiger charge is 2.03. The molecule has 0 heterocycles. The van der Waals surface area contributed by atoms with Crippen LogP contribution in [0.25, 0.3) is 0 Å². The molecule has 0 radical (unpaired) electrons. The highest BCUT2D eigenvalue weighted by molar-refractivity contribution is 5.78. The number of carbonyl (C=O) groups excluding carboxylic acids is 2. The Morgan fingerprint density at radius 3 is 1.62 bits per heavy atom. The number of Topliss-reactive ketones (excluding diaryl/α,β-unsaturated/α-hetero) is 1. The third-order valence-corrected chi connectivity index (χ3v) is 3.80. The van der Waals surface area contributed by atoms with Gasteiger partial charge in [0.1, 0.15) is 12.4 Å². The second-order valence-corrected chi connectivity index (χ2v) is 6.05. The smallest absolute Gasteiger partial charge is 0.342 e. The van der Waals surface area contributed by atoms with E-state index in [9.17, 15) is 9.59 Å². The summed E-state index contributed by atoms with van der Waals surface area (Å²) in [4.78, 5) is 31.4. The van der Waals surface area contributed by atoms with E-state index in [1.54, 1.807) is 0 Å². The van der Waals surface area contributed by atoms with Gasteiger partial charge in [-0.15, -0.1) is 0 Å². The van der Waals surface area contributed by atoms with Crippen molar-refractivity contribution in [1.82, 2.24) is 0 Å². The zero-order chi connectivity index (χ0) is 17.9. The number of rotatable bonds is 18. The first-order valence-electron chi connectivity index (χ1n) is 9.26. The van der Waals surface area contributed by atoms with Gasteiger partial charge in [0.2, 0.25) is 0 Å². The zero-order valence-electron chi connectivity index (χ0n) is 14.8. The predicted molar refractivity (Wildman–Crippen MR) is 91.2 cm³/mol. The SMILES string of the molecule is O=C(CCO)CCCCCCCCCCCCC(=O)OOCCO. The number of carbonyl (C=O) groups is 2. The summed E-state index contributed by atoms with van der Waals surface area (Å²) in [5.41, 5.74) is 0. The number of ketones is 1. The third-order valence-electron chi connectivity index (χ3n) is 3.80. The van der Waals surface area contributed by atoms with Crippen LogP contribution in [0.15, 0.2) is 0 Å². The van der Waals surface area contributed by atoms with Crippen molar-refractivity contribution in [2.24, 2.45) is 0 Å². The van der Waals surface area contributed by atoms with Gasteiger partial charge in [-0.25, -0.2) is 4.79 Å². The van der Waals surface area contributed by atoms with Gasteiger partial charge in [-0.1, -0.05) is 51.4 Å². The molecule has 0 aromatic carbocycles. The van der Waals surface area contributed by atoms with Crippen molar-refractivity contribution in [2.45, 2.75) is 83.5 Å². The van der Waals surface area contributed by atoms with Crippen LogP contribution in [0.5, 0.6) is 0 Å². The molecule has 0 aliphatic rings. The molecule has 0 saturated heterocycles. The van der Waals surface area contributed by atoms with Crippen LogP contribution in [0.4, 0.5) is 0 Å². The molecule has 142 valence electrons. The summed E-state index contributed by atoms with van der Waals surface area (Å²) < 4.78 is 0.